The first kappa shape index (κ1) is 9.52. The lowest BCUT2D eigenvalue weighted by Crippen LogP contribution is -2.42. The van der Waals surface area contributed by atoms with Crippen LogP contribution in [-0.4, -0.2) is 35.2 Å². The number of nitrogens with one attached hydrogen (secondary N) is 1. The van der Waals surface area contributed by atoms with Gasteiger partial charge in [-0.05, 0) is 26.4 Å². The molecule has 1 saturated heterocycles. The minimum atomic E-state index is 0.192. The summed E-state index contributed by atoms with van der Waals surface area (Å²) in [5.41, 5.74) is 6.98. The molecule has 78 valence electrons. The number of nitrogen functional groups attached to an aromatic ring is 1. The minimum Gasteiger partial charge on any atom is -0.382 e. The van der Waals surface area contributed by atoms with Crippen LogP contribution >= 0.6 is 0 Å². The molecule has 4 nitrogen and oxygen atoms in total. The third kappa shape index (κ3) is 1.62. The number of likely N-dealkylation sites (tertiary alicyclic amines) is 1. The maximum atomic E-state index is 5.62. The summed E-state index contributed by atoms with van der Waals surface area (Å²) in [6.45, 7) is 4.55. The molecule has 0 saturated carbocycles. The minimum absolute atomic E-state index is 0.192. The maximum Gasteiger partial charge on any atom is 0.145 e. The number of aromatic amines is 1. The molecule has 1 aromatic rings. The monoisotopic (exact) mass is 194 g/mol. The van der Waals surface area contributed by atoms with E-state index in [0.29, 0.717) is 5.82 Å². The van der Waals surface area contributed by atoms with Crippen LogP contribution in [0.15, 0.2) is 6.07 Å². The Bertz CT molecular complexity index is 320. The van der Waals surface area contributed by atoms with Gasteiger partial charge in [-0.2, -0.15) is 5.10 Å². The van der Waals surface area contributed by atoms with E-state index >= 15 is 0 Å². The number of H-pyrrole nitrogens is 1. The van der Waals surface area contributed by atoms with E-state index in [1.807, 2.05) is 6.07 Å². The van der Waals surface area contributed by atoms with Crippen molar-refractivity contribution >= 4 is 5.82 Å². The number of aromatic nitrogens is 2. The van der Waals surface area contributed by atoms with E-state index < -0.39 is 0 Å². The zero-order valence-corrected chi connectivity index (χ0v) is 8.88. The molecule has 0 bridgehead atoms. The van der Waals surface area contributed by atoms with Gasteiger partial charge < -0.3 is 10.6 Å². The summed E-state index contributed by atoms with van der Waals surface area (Å²) in [6.07, 6.45) is 2.45. The van der Waals surface area contributed by atoms with Gasteiger partial charge in [0.1, 0.15) is 5.82 Å². The number of nitrogens with zero attached hydrogens (tertiary/aromatic N) is 2. The number of rotatable bonds is 1. The highest BCUT2D eigenvalue weighted by Gasteiger charge is 2.32. The molecule has 2 rings (SSSR count). The van der Waals surface area contributed by atoms with Crippen molar-refractivity contribution in [3.8, 4) is 0 Å². The highest BCUT2D eigenvalue weighted by atomic mass is 15.2. The molecule has 1 aliphatic heterocycles. The van der Waals surface area contributed by atoms with Crippen LogP contribution in [0.2, 0.25) is 0 Å². The fourth-order valence-electron chi connectivity index (χ4n) is 2.36. The largest absolute Gasteiger partial charge is 0.382 e. The lowest BCUT2D eigenvalue weighted by Gasteiger charge is -2.37. The summed E-state index contributed by atoms with van der Waals surface area (Å²) in [7, 11) is 2.16. The van der Waals surface area contributed by atoms with E-state index in [1.165, 1.54) is 25.1 Å². The van der Waals surface area contributed by atoms with Crippen LogP contribution in [0.5, 0.6) is 0 Å². The van der Waals surface area contributed by atoms with Crippen molar-refractivity contribution in [1.29, 1.82) is 0 Å². The van der Waals surface area contributed by atoms with E-state index in [2.05, 4.69) is 29.1 Å². The summed E-state index contributed by atoms with van der Waals surface area (Å²) < 4.78 is 0. The average molecular weight is 194 g/mol. The molecule has 3 N–H and O–H groups in total. The molecule has 0 amide bonds. The Balaban J connectivity index is 2.22. The van der Waals surface area contributed by atoms with Crippen molar-refractivity contribution in [3.63, 3.8) is 0 Å². The van der Waals surface area contributed by atoms with Gasteiger partial charge in [-0.3, -0.25) is 5.10 Å². The second-order valence-corrected chi connectivity index (χ2v) is 4.61. The zero-order valence-electron chi connectivity index (χ0n) is 8.88. The van der Waals surface area contributed by atoms with Crippen molar-refractivity contribution in [2.24, 2.45) is 0 Å². The first-order valence-corrected chi connectivity index (χ1v) is 5.10. The Hall–Kier alpha value is -1.03. The molecular formula is C10H18N4. The summed E-state index contributed by atoms with van der Waals surface area (Å²) in [6, 6.07) is 1.96. The van der Waals surface area contributed by atoms with Crippen LogP contribution in [0.3, 0.4) is 0 Å². The lowest BCUT2D eigenvalue weighted by molar-refractivity contribution is 0.185. The highest BCUT2D eigenvalue weighted by Crippen LogP contribution is 2.32. The fourth-order valence-corrected chi connectivity index (χ4v) is 2.36. The van der Waals surface area contributed by atoms with Crippen molar-refractivity contribution in [2.75, 3.05) is 25.9 Å². The van der Waals surface area contributed by atoms with E-state index in [-0.39, 0.29) is 5.41 Å². The van der Waals surface area contributed by atoms with Gasteiger partial charge in [-0.15, -0.1) is 0 Å². The summed E-state index contributed by atoms with van der Waals surface area (Å²) in [5, 5.41) is 7.03. The first-order chi connectivity index (χ1) is 6.60. The number of piperidine rings is 1. The second kappa shape index (κ2) is 3.28. The maximum absolute atomic E-state index is 5.62. The number of hydrogen-bond donors (Lipinski definition) is 2. The van der Waals surface area contributed by atoms with Crippen LogP contribution < -0.4 is 5.73 Å². The molecule has 14 heavy (non-hydrogen) atoms. The molecule has 0 aliphatic carbocycles. The van der Waals surface area contributed by atoms with Gasteiger partial charge in [0, 0.05) is 23.7 Å². The van der Waals surface area contributed by atoms with Crippen molar-refractivity contribution in [1.82, 2.24) is 15.1 Å². The van der Waals surface area contributed by atoms with Gasteiger partial charge in [-0.1, -0.05) is 6.92 Å². The van der Waals surface area contributed by atoms with Crippen LogP contribution in [-0.2, 0) is 5.41 Å². The van der Waals surface area contributed by atoms with E-state index in [4.69, 9.17) is 5.73 Å². The van der Waals surface area contributed by atoms with Gasteiger partial charge in [-0.25, -0.2) is 0 Å². The fraction of sp³-hybridized carbons (Fsp3) is 0.700. The normalized spacial score (nSPS) is 29.3. The quantitative estimate of drug-likeness (QED) is 0.700. The standard InChI is InChI=1S/C10H18N4/c1-10(4-3-5-14(2)7-10)8-6-9(11)13-12-8/h6H,3-5,7H2,1-2H3,(H3,11,12,13). The van der Waals surface area contributed by atoms with Gasteiger partial charge in [0.05, 0.1) is 0 Å². The number of anilines is 1. The van der Waals surface area contributed by atoms with Gasteiger partial charge in [0.25, 0.3) is 0 Å². The summed E-state index contributed by atoms with van der Waals surface area (Å²) >= 11 is 0. The van der Waals surface area contributed by atoms with Gasteiger partial charge in [0.2, 0.25) is 0 Å². The number of hydrogen-bond acceptors (Lipinski definition) is 3. The molecule has 0 spiro atoms. The van der Waals surface area contributed by atoms with Gasteiger partial charge >= 0.3 is 0 Å². The SMILES string of the molecule is CN1CCCC(C)(c2cc(N)n[nH]2)C1. The molecule has 1 unspecified atom stereocenters. The Morgan fingerprint density at radius 1 is 1.64 bits per heavy atom. The van der Waals surface area contributed by atoms with Crippen LogP contribution in [0, 0.1) is 0 Å². The van der Waals surface area contributed by atoms with E-state index in [0.717, 1.165) is 6.54 Å². The smallest absolute Gasteiger partial charge is 0.145 e. The molecule has 2 heterocycles. The predicted molar refractivity (Wildman–Crippen MR) is 57.1 cm³/mol. The summed E-state index contributed by atoms with van der Waals surface area (Å²) in [4.78, 5) is 2.36. The molecule has 1 atom stereocenters. The average Bonchev–Trinajstić information content (AvgIpc) is 2.52. The summed E-state index contributed by atoms with van der Waals surface area (Å²) in [5.74, 6) is 0.592. The Morgan fingerprint density at radius 3 is 3.00 bits per heavy atom. The predicted octanol–water partition coefficient (Wildman–Crippen LogP) is 0.975. The van der Waals surface area contributed by atoms with Crippen LogP contribution in [0.4, 0.5) is 5.82 Å². The topological polar surface area (TPSA) is 57.9 Å². The molecule has 0 radical (unpaired) electrons. The molecule has 1 aromatic heterocycles. The third-order valence-electron chi connectivity index (χ3n) is 3.14. The van der Waals surface area contributed by atoms with E-state index in [9.17, 15) is 0 Å². The van der Waals surface area contributed by atoms with Crippen molar-refractivity contribution in [2.45, 2.75) is 25.2 Å². The van der Waals surface area contributed by atoms with Crippen molar-refractivity contribution < 1.29 is 0 Å². The zero-order chi connectivity index (χ0) is 10.2. The molecule has 1 fully saturated rings. The Labute approximate surface area is 84.5 Å². The first-order valence-electron chi connectivity index (χ1n) is 5.10. The van der Waals surface area contributed by atoms with Crippen LogP contribution in [0.25, 0.3) is 0 Å². The van der Waals surface area contributed by atoms with Crippen LogP contribution in [0.1, 0.15) is 25.5 Å². The van der Waals surface area contributed by atoms with E-state index in [1.54, 1.807) is 0 Å². The van der Waals surface area contributed by atoms with Gasteiger partial charge in [0.15, 0.2) is 0 Å². The molecule has 4 heteroatoms. The van der Waals surface area contributed by atoms with Crippen molar-refractivity contribution in [3.05, 3.63) is 11.8 Å². The second-order valence-electron chi connectivity index (χ2n) is 4.61. The number of likely N-dealkylation sites (N-methyl/N-ethyl adjacent to an activating group) is 1. The molecular weight excluding hydrogens is 176 g/mol. The molecule has 1 aliphatic rings. The lowest BCUT2D eigenvalue weighted by atomic mass is 9.79. The highest BCUT2D eigenvalue weighted by molar-refractivity contribution is 5.32. The number of nitrogens with two attached hydrogens (primary N) is 1. The Kier molecular flexibility index (Phi) is 2.23. The molecule has 0 aromatic carbocycles. The Morgan fingerprint density at radius 2 is 2.43 bits per heavy atom. The third-order valence-corrected chi connectivity index (χ3v) is 3.14.